The van der Waals surface area contributed by atoms with E-state index in [-0.39, 0.29) is 0 Å². The lowest BCUT2D eigenvalue weighted by Gasteiger charge is -2.32. The molecule has 1 saturated heterocycles. The van der Waals surface area contributed by atoms with Gasteiger partial charge >= 0.3 is 0 Å². The van der Waals surface area contributed by atoms with Gasteiger partial charge in [0.15, 0.2) is 0 Å². The van der Waals surface area contributed by atoms with E-state index < -0.39 is 0 Å². The van der Waals surface area contributed by atoms with Gasteiger partial charge in [-0.1, -0.05) is 0 Å². The predicted octanol–water partition coefficient (Wildman–Crippen LogP) is 1.50. The van der Waals surface area contributed by atoms with Crippen molar-refractivity contribution in [3.8, 4) is 5.88 Å². The number of nitrogens with zero attached hydrogens (tertiary/aromatic N) is 5. The molecule has 0 spiro atoms. The second kappa shape index (κ2) is 5.99. The van der Waals surface area contributed by atoms with Crippen molar-refractivity contribution in [3.05, 3.63) is 24.5 Å². The summed E-state index contributed by atoms with van der Waals surface area (Å²) >= 11 is 0. The average Bonchev–Trinajstić information content (AvgIpc) is 2.95. The number of anilines is 2. The third-order valence-corrected chi connectivity index (χ3v) is 3.66. The highest BCUT2D eigenvalue weighted by molar-refractivity contribution is 5.32. The van der Waals surface area contributed by atoms with E-state index in [4.69, 9.17) is 10.5 Å². The van der Waals surface area contributed by atoms with Gasteiger partial charge in [-0.25, -0.2) is 4.98 Å². The van der Waals surface area contributed by atoms with Crippen LogP contribution in [0.25, 0.3) is 0 Å². The average molecular weight is 288 g/mol. The summed E-state index contributed by atoms with van der Waals surface area (Å²) in [6.45, 7) is 4.36. The Labute approximate surface area is 123 Å². The van der Waals surface area contributed by atoms with Crippen LogP contribution in [0.3, 0.4) is 0 Å². The fourth-order valence-electron chi connectivity index (χ4n) is 2.60. The molecule has 3 heterocycles. The van der Waals surface area contributed by atoms with Crippen LogP contribution in [0.2, 0.25) is 0 Å². The van der Waals surface area contributed by atoms with Crippen LogP contribution >= 0.6 is 0 Å². The van der Waals surface area contributed by atoms with E-state index in [1.807, 2.05) is 23.9 Å². The SMILES string of the molecule is CCOc1ccnc(N2CCC(n3ccc(N)n3)CC2)n1. The van der Waals surface area contributed by atoms with Gasteiger partial charge in [-0.15, -0.1) is 0 Å². The zero-order valence-corrected chi connectivity index (χ0v) is 12.1. The number of rotatable bonds is 4. The van der Waals surface area contributed by atoms with Crippen molar-refractivity contribution in [1.29, 1.82) is 0 Å². The van der Waals surface area contributed by atoms with Crippen LogP contribution in [-0.4, -0.2) is 39.4 Å². The lowest BCUT2D eigenvalue weighted by Crippen LogP contribution is -2.35. The van der Waals surface area contributed by atoms with Gasteiger partial charge in [0.05, 0.1) is 12.6 Å². The minimum Gasteiger partial charge on any atom is -0.478 e. The molecule has 1 aliphatic rings. The van der Waals surface area contributed by atoms with Crippen molar-refractivity contribution < 1.29 is 4.74 Å². The van der Waals surface area contributed by atoms with Crippen LogP contribution in [0.4, 0.5) is 11.8 Å². The molecular weight excluding hydrogens is 268 g/mol. The minimum absolute atomic E-state index is 0.397. The van der Waals surface area contributed by atoms with E-state index in [0.29, 0.717) is 24.3 Å². The minimum atomic E-state index is 0.397. The van der Waals surface area contributed by atoms with Crippen molar-refractivity contribution >= 4 is 11.8 Å². The molecule has 2 aromatic rings. The highest BCUT2D eigenvalue weighted by atomic mass is 16.5. The fourth-order valence-corrected chi connectivity index (χ4v) is 2.60. The molecule has 2 N–H and O–H groups in total. The maximum absolute atomic E-state index is 5.67. The number of aromatic nitrogens is 4. The monoisotopic (exact) mass is 288 g/mol. The summed E-state index contributed by atoms with van der Waals surface area (Å²) in [4.78, 5) is 11.0. The number of nitrogens with two attached hydrogens (primary N) is 1. The van der Waals surface area contributed by atoms with Crippen LogP contribution < -0.4 is 15.4 Å². The van der Waals surface area contributed by atoms with E-state index in [0.717, 1.165) is 31.9 Å². The summed E-state index contributed by atoms with van der Waals surface area (Å²) in [6.07, 6.45) is 5.70. The Morgan fingerprint density at radius 1 is 1.33 bits per heavy atom. The largest absolute Gasteiger partial charge is 0.478 e. The highest BCUT2D eigenvalue weighted by Crippen LogP contribution is 2.25. The Kier molecular flexibility index (Phi) is 3.89. The Morgan fingerprint density at radius 2 is 2.14 bits per heavy atom. The molecule has 7 nitrogen and oxygen atoms in total. The van der Waals surface area contributed by atoms with Gasteiger partial charge in [-0.05, 0) is 25.8 Å². The van der Waals surface area contributed by atoms with Gasteiger partial charge in [0, 0.05) is 31.5 Å². The van der Waals surface area contributed by atoms with Crippen molar-refractivity contribution in [2.75, 3.05) is 30.3 Å². The number of piperidine rings is 1. The molecule has 1 fully saturated rings. The number of nitrogen functional groups attached to an aromatic ring is 1. The molecule has 0 atom stereocenters. The van der Waals surface area contributed by atoms with Gasteiger partial charge in [0.1, 0.15) is 5.82 Å². The van der Waals surface area contributed by atoms with Crippen molar-refractivity contribution in [2.45, 2.75) is 25.8 Å². The first kappa shape index (κ1) is 13.7. The molecule has 0 amide bonds. The number of hydrogen-bond acceptors (Lipinski definition) is 6. The smallest absolute Gasteiger partial charge is 0.228 e. The Bertz CT molecular complexity index is 591. The van der Waals surface area contributed by atoms with Crippen molar-refractivity contribution in [3.63, 3.8) is 0 Å². The summed E-state index contributed by atoms with van der Waals surface area (Å²) in [6, 6.07) is 4.02. The summed E-state index contributed by atoms with van der Waals surface area (Å²) in [5.74, 6) is 1.94. The third-order valence-electron chi connectivity index (χ3n) is 3.66. The van der Waals surface area contributed by atoms with Gasteiger partial charge in [-0.2, -0.15) is 10.1 Å². The second-order valence-electron chi connectivity index (χ2n) is 5.07. The molecule has 3 rings (SSSR count). The van der Waals surface area contributed by atoms with Crippen LogP contribution in [0.1, 0.15) is 25.8 Å². The van der Waals surface area contributed by atoms with Gasteiger partial charge in [0.2, 0.25) is 11.8 Å². The zero-order valence-electron chi connectivity index (χ0n) is 12.1. The summed E-state index contributed by atoms with van der Waals surface area (Å²) < 4.78 is 7.39. The second-order valence-corrected chi connectivity index (χ2v) is 5.07. The number of hydrogen-bond donors (Lipinski definition) is 1. The van der Waals surface area contributed by atoms with Crippen molar-refractivity contribution in [2.24, 2.45) is 0 Å². The quantitative estimate of drug-likeness (QED) is 0.918. The Balaban J connectivity index is 1.64. The topological polar surface area (TPSA) is 82.1 Å². The molecule has 0 radical (unpaired) electrons. The Morgan fingerprint density at radius 3 is 2.81 bits per heavy atom. The number of ether oxygens (including phenoxy) is 1. The van der Waals surface area contributed by atoms with E-state index in [2.05, 4.69) is 20.0 Å². The molecule has 2 aromatic heterocycles. The molecule has 0 bridgehead atoms. The first-order chi connectivity index (χ1) is 10.3. The van der Waals surface area contributed by atoms with E-state index >= 15 is 0 Å². The summed E-state index contributed by atoms with van der Waals surface area (Å²) in [5.41, 5.74) is 5.67. The molecule has 1 aliphatic heterocycles. The summed E-state index contributed by atoms with van der Waals surface area (Å²) in [7, 11) is 0. The first-order valence-electron chi connectivity index (χ1n) is 7.27. The molecule has 0 saturated carbocycles. The molecular formula is C14H20N6O. The van der Waals surface area contributed by atoms with Crippen LogP contribution in [0, 0.1) is 0 Å². The van der Waals surface area contributed by atoms with Gasteiger partial charge in [-0.3, -0.25) is 4.68 Å². The standard InChI is InChI=1S/C14H20N6O/c1-2-21-13-3-7-16-14(17-13)19-8-4-11(5-9-19)20-10-6-12(15)18-20/h3,6-7,10-11H,2,4-5,8-9H2,1H3,(H2,15,18). The molecule has 0 aromatic carbocycles. The maximum Gasteiger partial charge on any atom is 0.228 e. The van der Waals surface area contributed by atoms with E-state index in [1.54, 1.807) is 12.3 Å². The fraction of sp³-hybridized carbons (Fsp3) is 0.500. The molecule has 112 valence electrons. The molecule has 7 heteroatoms. The van der Waals surface area contributed by atoms with E-state index in [1.165, 1.54) is 0 Å². The lowest BCUT2D eigenvalue weighted by molar-refractivity contribution is 0.324. The van der Waals surface area contributed by atoms with Crippen LogP contribution in [0.15, 0.2) is 24.5 Å². The van der Waals surface area contributed by atoms with E-state index in [9.17, 15) is 0 Å². The summed E-state index contributed by atoms with van der Waals surface area (Å²) in [5, 5.41) is 4.30. The molecule has 0 aliphatic carbocycles. The van der Waals surface area contributed by atoms with Crippen molar-refractivity contribution in [1.82, 2.24) is 19.7 Å². The molecule has 0 unspecified atom stereocenters. The first-order valence-corrected chi connectivity index (χ1v) is 7.27. The zero-order chi connectivity index (χ0) is 14.7. The maximum atomic E-state index is 5.67. The van der Waals surface area contributed by atoms with Crippen LogP contribution in [0.5, 0.6) is 5.88 Å². The van der Waals surface area contributed by atoms with Gasteiger partial charge < -0.3 is 15.4 Å². The van der Waals surface area contributed by atoms with Crippen LogP contribution in [-0.2, 0) is 0 Å². The lowest BCUT2D eigenvalue weighted by atomic mass is 10.1. The predicted molar refractivity (Wildman–Crippen MR) is 80.3 cm³/mol. The Hall–Kier alpha value is -2.31. The molecule has 21 heavy (non-hydrogen) atoms. The third kappa shape index (κ3) is 3.07. The highest BCUT2D eigenvalue weighted by Gasteiger charge is 2.22. The normalized spacial score (nSPS) is 16.1. The van der Waals surface area contributed by atoms with Gasteiger partial charge in [0.25, 0.3) is 0 Å².